The zero-order valence-corrected chi connectivity index (χ0v) is 16.7. The fourth-order valence-corrected chi connectivity index (χ4v) is 4.95. The molecule has 0 N–H and O–H groups in total. The van der Waals surface area contributed by atoms with Gasteiger partial charge in [0.25, 0.3) is 0 Å². The van der Waals surface area contributed by atoms with E-state index in [1.54, 1.807) is 6.92 Å². The summed E-state index contributed by atoms with van der Waals surface area (Å²) in [6, 6.07) is 2.60. The van der Waals surface area contributed by atoms with Crippen molar-refractivity contribution in [3.8, 4) is 5.75 Å². The van der Waals surface area contributed by atoms with E-state index in [9.17, 15) is 22.8 Å². The summed E-state index contributed by atoms with van der Waals surface area (Å²) >= 11 is 0. The van der Waals surface area contributed by atoms with Crippen molar-refractivity contribution in [2.45, 2.75) is 30.8 Å². The Morgan fingerprint density at radius 3 is 2.37 bits per heavy atom. The molecule has 2 aliphatic rings. The van der Waals surface area contributed by atoms with Crippen LogP contribution in [-0.4, -0.2) is 51.8 Å². The maximum absolute atomic E-state index is 13.1. The Morgan fingerprint density at radius 1 is 1.22 bits per heavy atom. The molecule has 0 spiro atoms. The van der Waals surface area contributed by atoms with Crippen molar-refractivity contribution in [2.75, 3.05) is 20.5 Å². The van der Waals surface area contributed by atoms with E-state index in [0.717, 1.165) is 6.26 Å². The van der Waals surface area contributed by atoms with Gasteiger partial charge < -0.3 is 9.47 Å². The first kappa shape index (κ1) is 19.7. The monoisotopic (exact) mass is 394 g/mol. The van der Waals surface area contributed by atoms with E-state index in [2.05, 4.69) is 0 Å². The molecule has 0 heterocycles. The van der Waals surface area contributed by atoms with Crippen molar-refractivity contribution in [1.82, 2.24) is 0 Å². The number of rotatable bonds is 5. The molecular weight excluding hydrogens is 372 g/mol. The number of ketones is 3. The summed E-state index contributed by atoms with van der Waals surface area (Å²) in [6.45, 7) is 3.15. The number of Topliss-reactive ketones (excluding diaryl/α,β-unsaturated/α-hetero) is 3. The largest absolute Gasteiger partial charge is 0.495 e. The second kappa shape index (κ2) is 6.24. The normalized spacial score (nSPS) is 30.0. The fourth-order valence-electron chi connectivity index (χ4n) is 4.07. The van der Waals surface area contributed by atoms with Gasteiger partial charge in [-0.25, -0.2) is 8.42 Å². The third-order valence-corrected chi connectivity index (χ3v) is 6.94. The Morgan fingerprint density at radius 2 is 1.85 bits per heavy atom. The van der Waals surface area contributed by atoms with Crippen molar-refractivity contribution in [2.24, 2.45) is 17.8 Å². The molecular formula is C19H22O7S. The molecule has 1 aromatic carbocycles. The second-order valence-corrected chi connectivity index (χ2v) is 9.35. The first-order valence-electron chi connectivity index (χ1n) is 8.54. The quantitative estimate of drug-likeness (QED) is 0.549. The Hall–Kier alpha value is -2.06. The van der Waals surface area contributed by atoms with Gasteiger partial charge >= 0.3 is 0 Å². The summed E-state index contributed by atoms with van der Waals surface area (Å²) in [6.07, 6.45) is 1.57. The highest BCUT2D eigenvalue weighted by atomic mass is 32.2. The zero-order chi connectivity index (χ0) is 20.3. The van der Waals surface area contributed by atoms with Gasteiger partial charge in [-0.1, -0.05) is 0 Å². The van der Waals surface area contributed by atoms with Crippen LogP contribution in [0.25, 0.3) is 0 Å². The topological polar surface area (TPSA) is 104 Å². The van der Waals surface area contributed by atoms with Crippen molar-refractivity contribution in [1.29, 1.82) is 0 Å². The van der Waals surface area contributed by atoms with Gasteiger partial charge in [-0.3, -0.25) is 14.4 Å². The summed E-state index contributed by atoms with van der Waals surface area (Å²) in [5.74, 6) is -3.49. The summed E-state index contributed by atoms with van der Waals surface area (Å²) in [5.41, 5.74) is -0.782. The van der Waals surface area contributed by atoms with Crippen LogP contribution in [0.4, 0.5) is 0 Å². The smallest absolute Gasteiger partial charge is 0.182 e. The highest BCUT2D eigenvalue weighted by Gasteiger charge is 2.66. The van der Waals surface area contributed by atoms with Crippen LogP contribution in [0, 0.1) is 24.7 Å². The summed E-state index contributed by atoms with van der Waals surface area (Å²) in [5, 5.41) is 0. The van der Waals surface area contributed by atoms with E-state index >= 15 is 0 Å². The molecule has 0 saturated heterocycles. The molecule has 2 fully saturated rings. The van der Waals surface area contributed by atoms with E-state index in [0.29, 0.717) is 6.42 Å². The van der Waals surface area contributed by atoms with Crippen molar-refractivity contribution < 1.29 is 32.3 Å². The van der Waals surface area contributed by atoms with Gasteiger partial charge in [-0.05, 0) is 32.4 Å². The number of hydrogen-bond donors (Lipinski definition) is 0. The number of hydrogen-bond acceptors (Lipinski definition) is 7. The fraction of sp³-hybridized carbons (Fsp3) is 0.526. The first-order chi connectivity index (χ1) is 12.5. The number of carbonyl (C=O) groups is 3. The van der Waals surface area contributed by atoms with Gasteiger partial charge in [0.15, 0.2) is 27.2 Å². The highest BCUT2D eigenvalue weighted by Crippen LogP contribution is 2.55. The highest BCUT2D eigenvalue weighted by molar-refractivity contribution is 7.90. The van der Waals surface area contributed by atoms with Gasteiger partial charge in [0.2, 0.25) is 0 Å². The lowest BCUT2D eigenvalue weighted by Crippen LogP contribution is -2.53. The lowest BCUT2D eigenvalue weighted by molar-refractivity contribution is -0.153. The maximum Gasteiger partial charge on any atom is 0.182 e. The van der Waals surface area contributed by atoms with Crippen LogP contribution in [0.3, 0.4) is 0 Å². The van der Waals surface area contributed by atoms with Gasteiger partial charge in [0.05, 0.1) is 7.11 Å². The number of sulfone groups is 1. The van der Waals surface area contributed by atoms with Gasteiger partial charge in [-0.2, -0.15) is 0 Å². The number of methoxy groups -OCH3 is 2. The van der Waals surface area contributed by atoms with E-state index in [-0.39, 0.29) is 39.4 Å². The Labute approximate surface area is 158 Å². The maximum atomic E-state index is 13.1. The average molecular weight is 394 g/mol. The van der Waals surface area contributed by atoms with Crippen LogP contribution in [0.1, 0.15) is 29.3 Å². The molecule has 0 aliphatic heterocycles. The Bertz CT molecular complexity index is 963. The van der Waals surface area contributed by atoms with Crippen molar-refractivity contribution in [3.63, 3.8) is 0 Å². The Balaban J connectivity index is 2.08. The summed E-state index contributed by atoms with van der Waals surface area (Å²) in [4.78, 5) is 38.7. The SMILES string of the molecule is COc1c(S(C)(=O)=O)ccc(C(=O)C2C(=O)C3CC3C(C)(OC)C2=O)c1C. The molecule has 2 saturated carbocycles. The van der Waals surface area contributed by atoms with Crippen LogP contribution in [0.2, 0.25) is 0 Å². The molecule has 0 aromatic heterocycles. The van der Waals surface area contributed by atoms with E-state index < -0.39 is 32.9 Å². The molecule has 27 heavy (non-hydrogen) atoms. The predicted octanol–water partition coefficient (Wildman–Crippen LogP) is 1.40. The minimum Gasteiger partial charge on any atom is -0.495 e. The number of carbonyl (C=O) groups excluding carboxylic acids is 3. The first-order valence-corrected chi connectivity index (χ1v) is 10.4. The molecule has 2 aliphatic carbocycles. The van der Waals surface area contributed by atoms with E-state index in [1.165, 1.54) is 33.3 Å². The van der Waals surface area contributed by atoms with Crippen LogP contribution in [0.15, 0.2) is 17.0 Å². The molecule has 146 valence electrons. The van der Waals surface area contributed by atoms with Gasteiger partial charge in [0, 0.05) is 36.3 Å². The van der Waals surface area contributed by atoms with Gasteiger partial charge in [0.1, 0.15) is 22.2 Å². The number of ether oxygens (including phenoxy) is 2. The van der Waals surface area contributed by atoms with Gasteiger partial charge in [-0.15, -0.1) is 0 Å². The van der Waals surface area contributed by atoms with Crippen LogP contribution < -0.4 is 4.74 Å². The minimum atomic E-state index is -3.57. The second-order valence-electron chi connectivity index (χ2n) is 7.37. The van der Waals surface area contributed by atoms with Crippen LogP contribution in [-0.2, 0) is 24.2 Å². The summed E-state index contributed by atoms with van der Waals surface area (Å²) < 4.78 is 34.5. The van der Waals surface area contributed by atoms with Crippen molar-refractivity contribution >= 4 is 27.2 Å². The van der Waals surface area contributed by atoms with E-state index in [4.69, 9.17) is 9.47 Å². The lowest BCUT2D eigenvalue weighted by atomic mass is 9.73. The molecule has 0 radical (unpaired) electrons. The standard InChI is InChI=1S/C19H22O7S/c1-9-10(6-7-13(17(9)25-3)27(5,23)24)15(20)14-16(21)11-8-12(11)19(2,26-4)18(14)22/h6-7,11-12,14H,8H2,1-5H3. The van der Waals surface area contributed by atoms with Crippen LogP contribution in [0.5, 0.6) is 5.75 Å². The molecule has 4 atom stereocenters. The third kappa shape index (κ3) is 2.82. The molecule has 3 rings (SSSR count). The predicted molar refractivity (Wildman–Crippen MR) is 95.7 cm³/mol. The van der Waals surface area contributed by atoms with Crippen LogP contribution >= 0.6 is 0 Å². The average Bonchev–Trinajstić information content (AvgIpc) is 3.40. The number of fused-ring (bicyclic) bond motifs is 1. The molecule has 8 heteroatoms. The molecule has 0 bridgehead atoms. The zero-order valence-electron chi connectivity index (χ0n) is 15.9. The molecule has 1 aromatic rings. The van der Waals surface area contributed by atoms with Crippen molar-refractivity contribution in [3.05, 3.63) is 23.3 Å². The number of benzene rings is 1. The van der Waals surface area contributed by atoms with E-state index in [1.807, 2.05) is 0 Å². The molecule has 7 nitrogen and oxygen atoms in total. The Kier molecular flexibility index (Phi) is 4.55. The third-order valence-electron chi connectivity index (χ3n) is 5.82. The summed E-state index contributed by atoms with van der Waals surface area (Å²) in [7, 11) is -0.865. The molecule has 4 unspecified atom stereocenters. The lowest BCUT2D eigenvalue weighted by Gasteiger charge is -2.34. The molecule has 0 amide bonds. The minimum absolute atomic E-state index is 0.0397.